The number of carbonyl (C=O) groups excluding carboxylic acids is 1. The maximum Gasteiger partial charge on any atom is 0.253 e. The van der Waals surface area contributed by atoms with Crippen LogP contribution in [0, 0.1) is 5.82 Å². The summed E-state index contributed by atoms with van der Waals surface area (Å²) in [5.41, 5.74) is 3.64. The molecule has 0 bridgehead atoms. The van der Waals surface area contributed by atoms with Crippen molar-refractivity contribution in [1.29, 1.82) is 0 Å². The van der Waals surface area contributed by atoms with Crippen LogP contribution in [0.25, 0.3) is 11.0 Å². The second-order valence-electron chi connectivity index (χ2n) is 6.06. The predicted octanol–water partition coefficient (Wildman–Crippen LogP) is 4.38. The van der Waals surface area contributed by atoms with E-state index in [4.69, 9.17) is 0 Å². The average Bonchev–Trinajstić information content (AvgIpc) is 3.11. The van der Waals surface area contributed by atoms with Crippen molar-refractivity contribution < 1.29 is 9.18 Å². The molecule has 3 N–H and O–H groups in total. The van der Waals surface area contributed by atoms with E-state index in [-0.39, 0.29) is 11.7 Å². The maximum atomic E-state index is 13.1. The monoisotopic (exact) mass is 360 g/mol. The summed E-state index contributed by atoms with van der Waals surface area (Å²) >= 11 is 0. The van der Waals surface area contributed by atoms with E-state index in [1.807, 2.05) is 30.3 Å². The summed E-state index contributed by atoms with van der Waals surface area (Å²) in [6, 6.07) is 20.9. The van der Waals surface area contributed by atoms with Gasteiger partial charge in [0.2, 0.25) is 0 Å². The molecule has 1 heterocycles. The van der Waals surface area contributed by atoms with E-state index in [0.717, 1.165) is 11.0 Å². The summed E-state index contributed by atoms with van der Waals surface area (Å²) in [7, 11) is 0. The molecule has 3 aromatic carbocycles. The van der Waals surface area contributed by atoms with Gasteiger partial charge in [-0.1, -0.05) is 24.3 Å². The Morgan fingerprint density at radius 3 is 2.52 bits per heavy atom. The number of nitrogens with zero attached hydrogens (tertiary/aromatic N) is 1. The fourth-order valence-electron chi connectivity index (χ4n) is 2.83. The van der Waals surface area contributed by atoms with Crippen molar-refractivity contribution in [2.75, 3.05) is 5.32 Å². The molecule has 5 nitrogen and oxygen atoms in total. The highest BCUT2D eigenvalue weighted by molar-refractivity contribution is 6.00. The topological polar surface area (TPSA) is 69.8 Å². The Morgan fingerprint density at radius 1 is 0.963 bits per heavy atom. The van der Waals surface area contributed by atoms with Crippen LogP contribution in [-0.4, -0.2) is 15.9 Å². The molecule has 0 saturated carbocycles. The summed E-state index contributed by atoms with van der Waals surface area (Å²) in [6.07, 6.45) is 0. The Balaban J connectivity index is 1.49. The molecule has 1 aromatic heterocycles. The molecular formula is C21H17FN4O. The normalized spacial score (nSPS) is 10.7. The second-order valence-corrected chi connectivity index (χ2v) is 6.06. The van der Waals surface area contributed by atoms with Gasteiger partial charge >= 0.3 is 0 Å². The van der Waals surface area contributed by atoms with Gasteiger partial charge < -0.3 is 15.6 Å². The number of fused-ring (bicyclic) bond motifs is 1. The van der Waals surface area contributed by atoms with Gasteiger partial charge in [-0.15, -0.1) is 0 Å². The molecule has 0 spiro atoms. The van der Waals surface area contributed by atoms with Gasteiger partial charge in [-0.05, 0) is 48.5 Å². The summed E-state index contributed by atoms with van der Waals surface area (Å²) in [4.78, 5) is 20.3. The first kappa shape index (κ1) is 16.8. The van der Waals surface area contributed by atoms with Crippen molar-refractivity contribution in [3.8, 4) is 0 Å². The molecule has 134 valence electrons. The third-order valence-corrected chi connectivity index (χ3v) is 4.15. The van der Waals surface area contributed by atoms with Gasteiger partial charge in [0.15, 0.2) is 0 Å². The third-order valence-electron chi connectivity index (χ3n) is 4.15. The van der Waals surface area contributed by atoms with E-state index in [9.17, 15) is 9.18 Å². The third kappa shape index (κ3) is 3.79. The van der Waals surface area contributed by atoms with Gasteiger partial charge in [0.1, 0.15) is 11.6 Å². The molecule has 0 radical (unpaired) electrons. The molecule has 0 aliphatic rings. The number of anilines is 2. The lowest BCUT2D eigenvalue weighted by Gasteiger charge is -2.12. The number of halogens is 1. The average molecular weight is 360 g/mol. The number of aromatic nitrogens is 2. The number of imidazole rings is 1. The Kier molecular flexibility index (Phi) is 4.53. The number of benzene rings is 3. The lowest BCUT2D eigenvalue weighted by Crippen LogP contribution is -2.24. The van der Waals surface area contributed by atoms with Crippen molar-refractivity contribution >= 4 is 28.3 Å². The van der Waals surface area contributed by atoms with Crippen LogP contribution in [-0.2, 0) is 6.54 Å². The lowest BCUT2D eigenvalue weighted by atomic mass is 10.1. The Labute approximate surface area is 155 Å². The van der Waals surface area contributed by atoms with E-state index in [1.54, 1.807) is 30.3 Å². The smallest absolute Gasteiger partial charge is 0.253 e. The SMILES string of the molecule is O=C(NCc1nc2ccccc2[nH]1)c1ccccc1Nc1ccc(F)cc1. The number of hydrogen-bond acceptors (Lipinski definition) is 3. The first-order valence-corrected chi connectivity index (χ1v) is 8.52. The number of carbonyl (C=O) groups is 1. The zero-order valence-corrected chi connectivity index (χ0v) is 14.4. The highest BCUT2D eigenvalue weighted by atomic mass is 19.1. The number of H-pyrrole nitrogens is 1. The molecule has 27 heavy (non-hydrogen) atoms. The molecule has 6 heteroatoms. The highest BCUT2D eigenvalue weighted by Crippen LogP contribution is 2.21. The van der Waals surface area contributed by atoms with Crippen molar-refractivity contribution in [3.63, 3.8) is 0 Å². The number of aromatic amines is 1. The molecule has 0 fully saturated rings. The zero-order valence-electron chi connectivity index (χ0n) is 14.4. The van der Waals surface area contributed by atoms with E-state index in [2.05, 4.69) is 20.6 Å². The minimum absolute atomic E-state index is 0.222. The maximum absolute atomic E-state index is 13.1. The highest BCUT2D eigenvalue weighted by Gasteiger charge is 2.12. The van der Waals surface area contributed by atoms with Crippen LogP contribution >= 0.6 is 0 Å². The number of para-hydroxylation sites is 3. The van der Waals surface area contributed by atoms with Crippen LogP contribution in [0.5, 0.6) is 0 Å². The molecule has 4 aromatic rings. The summed E-state index contributed by atoms with van der Waals surface area (Å²) in [5.74, 6) is 0.159. The summed E-state index contributed by atoms with van der Waals surface area (Å²) in [5, 5.41) is 6.03. The van der Waals surface area contributed by atoms with Gasteiger partial charge in [-0.3, -0.25) is 4.79 Å². The number of amides is 1. The quantitative estimate of drug-likeness (QED) is 0.495. The molecule has 0 aliphatic heterocycles. The molecular weight excluding hydrogens is 343 g/mol. The number of nitrogens with one attached hydrogen (secondary N) is 3. The van der Waals surface area contributed by atoms with Crippen LogP contribution in [0.3, 0.4) is 0 Å². The Morgan fingerprint density at radius 2 is 1.70 bits per heavy atom. The van der Waals surface area contributed by atoms with E-state index in [0.29, 0.717) is 29.3 Å². The van der Waals surface area contributed by atoms with Crippen LogP contribution in [0.2, 0.25) is 0 Å². The minimum Gasteiger partial charge on any atom is -0.355 e. The Bertz CT molecular complexity index is 1060. The largest absolute Gasteiger partial charge is 0.355 e. The molecule has 1 amide bonds. The van der Waals surface area contributed by atoms with Gasteiger partial charge in [0, 0.05) is 5.69 Å². The first-order chi connectivity index (χ1) is 13.2. The van der Waals surface area contributed by atoms with E-state index >= 15 is 0 Å². The van der Waals surface area contributed by atoms with Crippen LogP contribution in [0.4, 0.5) is 15.8 Å². The van der Waals surface area contributed by atoms with Crippen LogP contribution < -0.4 is 10.6 Å². The molecule has 0 atom stereocenters. The predicted molar refractivity (Wildman–Crippen MR) is 103 cm³/mol. The zero-order chi connectivity index (χ0) is 18.6. The van der Waals surface area contributed by atoms with Gasteiger partial charge in [-0.25, -0.2) is 9.37 Å². The van der Waals surface area contributed by atoms with Gasteiger partial charge in [-0.2, -0.15) is 0 Å². The van der Waals surface area contributed by atoms with Crippen LogP contribution in [0.1, 0.15) is 16.2 Å². The van der Waals surface area contributed by atoms with Crippen molar-refractivity contribution in [1.82, 2.24) is 15.3 Å². The van der Waals surface area contributed by atoms with Crippen molar-refractivity contribution in [3.05, 3.63) is 90.0 Å². The van der Waals surface area contributed by atoms with Gasteiger partial charge in [0.05, 0.1) is 28.8 Å². The summed E-state index contributed by atoms with van der Waals surface area (Å²) in [6.45, 7) is 0.290. The lowest BCUT2D eigenvalue weighted by molar-refractivity contribution is 0.0951. The fraction of sp³-hybridized carbons (Fsp3) is 0.0476. The second kappa shape index (κ2) is 7.29. The van der Waals surface area contributed by atoms with E-state index < -0.39 is 0 Å². The van der Waals surface area contributed by atoms with Crippen LogP contribution in [0.15, 0.2) is 72.8 Å². The molecule has 4 rings (SSSR count). The number of rotatable bonds is 5. The Hall–Kier alpha value is -3.67. The molecule has 0 saturated heterocycles. The van der Waals surface area contributed by atoms with Crippen molar-refractivity contribution in [2.24, 2.45) is 0 Å². The van der Waals surface area contributed by atoms with Crippen molar-refractivity contribution in [2.45, 2.75) is 6.54 Å². The molecule has 0 aliphatic carbocycles. The van der Waals surface area contributed by atoms with E-state index in [1.165, 1.54) is 12.1 Å². The minimum atomic E-state index is -0.308. The fourth-order valence-corrected chi connectivity index (χ4v) is 2.83. The molecule has 0 unspecified atom stereocenters. The van der Waals surface area contributed by atoms with Gasteiger partial charge in [0.25, 0.3) is 5.91 Å². The summed E-state index contributed by atoms with van der Waals surface area (Å²) < 4.78 is 13.1. The standard InChI is InChI=1S/C21H17FN4O/c22-14-9-11-15(12-10-14)24-17-6-2-1-5-16(17)21(27)23-13-20-25-18-7-3-4-8-19(18)26-20/h1-12,24H,13H2,(H,23,27)(H,25,26). The first-order valence-electron chi connectivity index (χ1n) is 8.52. The number of hydrogen-bond donors (Lipinski definition) is 3.